The maximum absolute atomic E-state index is 8.63. The van der Waals surface area contributed by atoms with Crippen LogP contribution in [0.4, 0.5) is 0 Å². The molecule has 0 atom stereocenters. The molecule has 0 saturated heterocycles. The number of aromatic amines is 1. The van der Waals surface area contributed by atoms with Gasteiger partial charge in [-0.15, -0.1) is 5.10 Å². The molecule has 4 N–H and O–H groups in total. The lowest BCUT2D eigenvalue weighted by atomic mass is 10.3. The van der Waals surface area contributed by atoms with Crippen LogP contribution in [0.1, 0.15) is 11.4 Å². The Labute approximate surface area is 96.9 Å². The minimum atomic E-state index is -0.118. The van der Waals surface area contributed by atoms with E-state index in [-0.39, 0.29) is 11.5 Å². The molecule has 0 aliphatic heterocycles. The van der Waals surface area contributed by atoms with Crippen molar-refractivity contribution >= 4 is 5.84 Å². The predicted octanol–water partition coefficient (Wildman–Crippen LogP) is 1.000. The number of nitrogens with zero attached hydrogens (tertiary/aromatic N) is 3. The van der Waals surface area contributed by atoms with E-state index in [9.17, 15) is 0 Å². The van der Waals surface area contributed by atoms with Gasteiger partial charge in [-0.1, -0.05) is 5.16 Å². The third-order valence-electron chi connectivity index (χ3n) is 2.02. The molecular weight excluding hydrogens is 222 g/mol. The molecule has 0 amide bonds. The van der Waals surface area contributed by atoms with Crippen LogP contribution in [0.5, 0.6) is 11.6 Å². The predicted molar refractivity (Wildman–Crippen MR) is 60.1 cm³/mol. The van der Waals surface area contributed by atoms with Gasteiger partial charge in [0, 0.05) is 18.0 Å². The van der Waals surface area contributed by atoms with E-state index in [0.29, 0.717) is 11.6 Å². The average Bonchev–Trinajstić information content (AvgIpc) is 2.74. The zero-order chi connectivity index (χ0) is 12.3. The number of amidine groups is 1. The molecule has 2 aromatic rings. The van der Waals surface area contributed by atoms with Gasteiger partial charge < -0.3 is 15.7 Å². The highest BCUT2D eigenvalue weighted by Gasteiger charge is 2.11. The number of pyridine rings is 1. The van der Waals surface area contributed by atoms with Gasteiger partial charge in [0.15, 0.2) is 17.3 Å². The van der Waals surface area contributed by atoms with Crippen LogP contribution in [0.25, 0.3) is 0 Å². The second-order valence-electron chi connectivity index (χ2n) is 3.33. The van der Waals surface area contributed by atoms with Crippen molar-refractivity contribution in [3.63, 3.8) is 0 Å². The van der Waals surface area contributed by atoms with Gasteiger partial charge in [-0.2, -0.15) is 0 Å². The summed E-state index contributed by atoms with van der Waals surface area (Å²) >= 11 is 0. The first-order chi connectivity index (χ1) is 8.20. The molecule has 0 saturated carbocycles. The maximum atomic E-state index is 8.63. The van der Waals surface area contributed by atoms with Gasteiger partial charge in [-0.05, 0) is 19.1 Å². The first-order valence-corrected chi connectivity index (χ1v) is 4.83. The lowest BCUT2D eigenvalue weighted by Crippen LogP contribution is -2.15. The van der Waals surface area contributed by atoms with E-state index in [1.54, 1.807) is 18.2 Å². The molecule has 0 fully saturated rings. The van der Waals surface area contributed by atoms with E-state index in [1.165, 1.54) is 6.20 Å². The third-order valence-corrected chi connectivity index (χ3v) is 2.02. The summed E-state index contributed by atoms with van der Waals surface area (Å²) in [5.41, 5.74) is 6.61. The van der Waals surface area contributed by atoms with Crippen LogP contribution in [-0.4, -0.2) is 26.2 Å². The SMILES string of the molecule is Cc1cc(Oc2cccnc2/C(N)=N/O)n[nH]1. The fraction of sp³-hybridized carbons (Fsp3) is 0.100. The molecule has 0 bridgehead atoms. The zero-order valence-corrected chi connectivity index (χ0v) is 9.08. The normalized spacial score (nSPS) is 11.5. The van der Waals surface area contributed by atoms with Gasteiger partial charge in [0.1, 0.15) is 0 Å². The van der Waals surface area contributed by atoms with Gasteiger partial charge in [0.05, 0.1) is 0 Å². The quantitative estimate of drug-likeness (QED) is 0.317. The minimum Gasteiger partial charge on any atom is -0.435 e. The number of ether oxygens (including phenoxy) is 1. The number of nitrogens with two attached hydrogens (primary N) is 1. The van der Waals surface area contributed by atoms with Crippen molar-refractivity contribution in [3.8, 4) is 11.6 Å². The summed E-state index contributed by atoms with van der Waals surface area (Å²) < 4.78 is 5.48. The van der Waals surface area contributed by atoms with Crippen LogP contribution in [0.15, 0.2) is 29.6 Å². The van der Waals surface area contributed by atoms with Crippen LogP contribution in [-0.2, 0) is 0 Å². The summed E-state index contributed by atoms with van der Waals surface area (Å²) in [6.45, 7) is 1.85. The van der Waals surface area contributed by atoms with Crippen LogP contribution in [0.3, 0.4) is 0 Å². The summed E-state index contributed by atoms with van der Waals surface area (Å²) in [7, 11) is 0. The molecule has 2 rings (SSSR count). The molecule has 2 aromatic heterocycles. The molecule has 2 heterocycles. The van der Waals surface area contributed by atoms with Crippen LogP contribution in [0.2, 0.25) is 0 Å². The number of nitrogens with one attached hydrogen (secondary N) is 1. The molecule has 0 aliphatic carbocycles. The standard InChI is InChI=1S/C10H11N5O2/c1-6-5-8(14-13-6)17-7-3-2-4-12-9(7)10(11)15-16/h2-5,16H,1H3,(H2,11,15)(H,13,14). The third kappa shape index (κ3) is 2.33. The average molecular weight is 233 g/mol. The fourth-order valence-corrected chi connectivity index (χ4v) is 1.27. The second kappa shape index (κ2) is 4.52. The van der Waals surface area contributed by atoms with Gasteiger partial charge >= 0.3 is 0 Å². The summed E-state index contributed by atoms with van der Waals surface area (Å²) in [6, 6.07) is 5.07. The molecule has 7 heteroatoms. The Morgan fingerprint density at radius 1 is 1.59 bits per heavy atom. The van der Waals surface area contributed by atoms with E-state index in [1.807, 2.05) is 6.92 Å². The lowest BCUT2D eigenvalue weighted by Gasteiger charge is -2.06. The number of hydrogen-bond donors (Lipinski definition) is 3. The Hall–Kier alpha value is -2.57. The zero-order valence-electron chi connectivity index (χ0n) is 9.08. The number of H-pyrrole nitrogens is 1. The molecule has 0 radical (unpaired) electrons. The molecule has 88 valence electrons. The largest absolute Gasteiger partial charge is 0.435 e. The molecule has 0 unspecified atom stereocenters. The summed E-state index contributed by atoms with van der Waals surface area (Å²) in [6.07, 6.45) is 1.52. The van der Waals surface area contributed by atoms with Crippen LogP contribution in [0, 0.1) is 6.92 Å². The van der Waals surface area contributed by atoms with Crippen molar-refractivity contribution in [1.29, 1.82) is 0 Å². The Kier molecular flexibility index (Phi) is 2.91. The fourth-order valence-electron chi connectivity index (χ4n) is 1.27. The van der Waals surface area contributed by atoms with Gasteiger partial charge in [0.25, 0.3) is 0 Å². The highest BCUT2D eigenvalue weighted by molar-refractivity contribution is 5.97. The summed E-state index contributed by atoms with van der Waals surface area (Å²) in [5, 5.41) is 18.2. The van der Waals surface area contributed by atoms with E-state index < -0.39 is 0 Å². The van der Waals surface area contributed by atoms with Crippen molar-refractivity contribution in [1.82, 2.24) is 15.2 Å². The van der Waals surface area contributed by atoms with Crippen LogP contribution < -0.4 is 10.5 Å². The summed E-state index contributed by atoms with van der Waals surface area (Å²) in [5.74, 6) is 0.643. The van der Waals surface area contributed by atoms with Gasteiger partial charge in [0.2, 0.25) is 5.88 Å². The van der Waals surface area contributed by atoms with E-state index in [4.69, 9.17) is 15.7 Å². The number of hydrogen-bond acceptors (Lipinski definition) is 5. The van der Waals surface area contributed by atoms with Crippen molar-refractivity contribution in [2.45, 2.75) is 6.92 Å². The first kappa shape index (κ1) is 10.9. The smallest absolute Gasteiger partial charge is 0.238 e. The Morgan fingerprint density at radius 3 is 3.06 bits per heavy atom. The topological polar surface area (TPSA) is 109 Å². The first-order valence-electron chi connectivity index (χ1n) is 4.83. The van der Waals surface area contributed by atoms with Gasteiger partial charge in [-0.3, -0.25) is 5.10 Å². The molecule has 0 aliphatic rings. The molecule has 7 nitrogen and oxygen atoms in total. The van der Waals surface area contributed by atoms with Crippen molar-refractivity contribution in [2.24, 2.45) is 10.9 Å². The Bertz CT molecular complexity index is 549. The lowest BCUT2D eigenvalue weighted by molar-refractivity contribution is 0.318. The summed E-state index contributed by atoms with van der Waals surface area (Å²) in [4.78, 5) is 3.97. The van der Waals surface area contributed by atoms with E-state index in [2.05, 4.69) is 20.3 Å². The second-order valence-corrected chi connectivity index (χ2v) is 3.33. The Balaban J connectivity index is 2.32. The number of aromatic nitrogens is 3. The van der Waals surface area contributed by atoms with Crippen molar-refractivity contribution < 1.29 is 9.94 Å². The van der Waals surface area contributed by atoms with E-state index >= 15 is 0 Å². The highest BCUT2D eigenvalue weighted by atomic mass is 16.5. The van der Waals surface area contributed by atoms with Gasteiger partial charge in [-0.25, -0.2) is 4.98 Å². The number of rotatable bonds is 3. The molecule has 0 aromatic carbocycles. The Morgan fingerprint density at radius 2 is 2.41 bits per heavy atom. The molecule has 0 spiro atoms. The number of oxime groups is 1. The van der Waals surface area contributed by atoms with Crippen molar-refractivity contribution in [2.75, 3.05) is 0 Å². The van der Waals surface area contributed by atoms with Crippen molar-refractivity contribution in [3.05, 3.63) is 35.8 Å². The number of aryl methyl sites for hydroxylation is 1. The minimum absolute atomic E-state index is 0.118. The van der Waals surface area contributed by atoms with Crippen LogP contribution >= 0.6 is 0 Å². The molecule has 17 heavy (non-hydrogen) atoms. The van der Waals surface area contributed by atoms with E-state index in [0.717, 1.165) is 5.69 Å². The maximum Gasteiger partial charge on any atom is 0.238 e. The monoisotopic (exact) mass is 233 g/mol. The molecular formula is C10H11N5O2. The highest BCUT2D eigenvalue weighted by Crippen LogP contribution is 2.22.